The number of ether oxygens (including phenoxy) is 1. The fourth-order valence-electron chi connectivity index (χ4n) is 2.44. The van der Waals surface area contributed by atoms with Crippen molar-refractivity contribution in [1.29, 1.82) is 0 Å². The maximum atomic E-state index is 12.4. The predicted molar refractivity (Wildman–Crippen MR) is 100 cm³/mol. The second-order valence-electron chi connectivity index (χ2n) is 5.58. The van der Waals surface area contributed by atoms with Crippen LogP contribution in [0.4, 0.5) is 5.69 Å². The third-order valence-electron chi connectivity index (χ3n) is 3.80. The van der Waals surface area contributed by atoms with Crippen LogP contribution < -0.4 is 10.1 Å². The zero-order valence-corrected chi connectivity index (χ0v) is 15.5. The van der Waals surface area contributed by atoms with Gasteiger partial charge in [0.05, 0.1) is 25.9 Å². The summed E-state index contributed by atoms with van der Waals surface area (Å²) in [6.45, 7) is 3.28. The predicted octanol–water partition coefficient (Wildman–Crippen LogP) is 3.27. The van der Waals surface area contributed by atoms with E-state index in [4.69, 9.17) is 9.26 Å². The summed E-state index contributed by atoms with van der Waals surface area (Å²) in [5, 5.41) is 10.8. The Hall–Kier alpha value is -2.71. The molecule has 0 aliphatic heterocycles. The second-order valence-corrected chi connectivity index (χ2v) is 6.36. The van der Waals surface area contributed by atoms with Crippen LogP contribution in [0.1, 0.15) is 12.8 Å². The standard InChI is InChI=1S/C18H20N4O3S/c1-3-22(10-16(23)19-14-6-4-5-7-15(14)24-2)11-17-20-18(21-25-17)13-8-9-26-12-13/h4-9,12H,3,10-11H2,1-2H3,(H,19,23). The third kappa shape index (κ3) is 4.47. The van der Waals surface area contributed by atoms with Crippen LogP contribution in [-0.2, 0) is 11.3 Å². The van der Waals surface area contributed by atoms with E-state index in [0.29, 0.717) is 36.2 Å². The van der Waals surface area contributed by atoms with Gasteiger partial charge in [-0.1, -0.05) is 24.2 Å². The summed E-state index contributed by atoms with van der Waals surface area (Å²) in [5.74, 6) is 1.55. The highest BCUT2D eigenvalue weighted by Gasteiger charge is 2.16. The largest absolute Gasteiger partial charge is 0.495 e. The van der Waals surface area contributed by atoms with Gasteiger partial charge in [-0.05, 0) is 30.1 Å². The number of rotatable bonds is 8. The molecule has 0 atom stereocenters. The Morgan fingerprint density at radius 2 is 2.19 bits per heavy atom. The molecular weight excluding hydrogens is 352 g/mol. The number of nitrogens with one attached hydrogen (secondary N) is 1. The zero-order valence-electron chi connectivity index (χ0n) is 14.6. The zero-order chi connectivity index (χ0) is 18.4. The van der Waals surface area contributed by atoms with Crippen LogP contribution in [-0.4, -0.2) is 41.1 Å². The van der Waals surface area contributed by atoms with Crippen LogP contribution in [0.25, 0.3) is 11.4 Å². The van der Waals surface area contributed by atoms with Gasteiger partial charge in [0.1, 0.15) is 5.75 Å². The number of para-hydroxylation sites is 2. The molecule has 0 fully saturated rings. The van der Waals surface area contributed by atoms with E-state index in [2.05, 4.69) is 15.5 Å². The monoisotopic (exact) mass is 372 g/mol. The highest BCUT2D eigenvalue weighted by atomic mass is 32.1. The molecule has 0 radical (unpaired) electrons. The number of likely N-dealkylation sites (N-methyl/N-ethyl adjacent to an activating group) is 1. The molecule has 0 spiro atoms. The van der Waals surface area contributed by atoms with Crippen LogP contribution >= 0.6 is 11.3 Å². The number of carbonyl (C=O) groups is 1. The molecule has 7 nitrogen and oxygen atoms in total. The minimum absolute atomic E-state index is 0.131. The van der Waals surface area contributed by atoms with Gasteiger partial charge >= 0.3 is 0 Å². The first-order valence-corrected chi connectivity index (χ1v) is 9.14. The topological polar surface area (TPSA) is 80.5 Å². The van der Waals surface area contributed by atoms with Gasteiger partial charge in [0.2, 0.25) is 17.6 Å². The van der Waals surface area contributed by atoms with Crippen molar-refractivity contribution in [3.63, 3.8) is 0 Å². The smallest absolute Gasteiger partial charge is 0.241 e. The minimum atomic E-state index is -0.131. The maximum Gasteiger partial charge on any atom is 0.241 e. The molecule has 2 aromatic heterocycles. The lowest BCUT2D eigenvalue weighted by molar-refractivity contribution is -0.117. The van der Waals surface area contributed by atoms with Crippen molar-refractivity contribution in [1.82, 2.24) is 15.0 Å². The van der Waals surface area contributed by atoms with Crippen molar-refractivity contribution in [3.8, 4) is 17.1 Å². The number of anilines is 1. The van der Waals surface area contributed by atoms with Crippen molar-refractivity contribution in [2.24, 2.45) is 0 Å². The number of amides is 1. The molecule has 0 saturated carbocycles. The summed E-state index contributed by atoms with van der Waals surface area (Å²) in [7, 11) is 1.57. The average Bonchev–Trinajstić information content (AvgIpc) is 3.33. The molecule has 26 heavy (non-hydrogen) atoms. The first-order chi connectivity index (χ1) is 12.7. The first kappa shape index (κ1) is 18.1. The van der Waals surface area contributed by atoms with E-state index in [9.17, 15) is 4.79 Å². The molecule has 8 heteroatoms. The van der Waals surface area contributed by atoms with Crippen LogP contribution in [0.15, 0.2) is 45.6 Å². The van der Waals surface area contributed by atoms with Crippen molar-refractivity contribution in [2.75, 3.05) is 25.5 Å². The van der Waals surface area contributed by atoms with Gasteiger partial charge in [-0.2, -0.15) is 16.3 Å². The number of hydrogen-bond acceptors (Lipinski definition) is 7. The third-order valence-corrected chi connectivity index (χ3v) is 4.49. The SMILES string of the molecule is CCN(CC(=O)Nc1ccccc1OC)Cc1nc(-c2ccsc2)no1. The molecule has 1 N–H and O–H groups in total. The fraction of sp³-hybridized carbons (Fsp3) is 0.278. The average molecular weight is 372 g/mol. The normalized spacial score (nSPS) is 10.9. The summed E-state index contributed by atoms with van der Waals surface area (Å²) >= 11 is 1.58. The van der Waals surface area contributed by atoms with Gasteiger partial charge in [-0.3, -0.25) is 9.69 Å². The maximum absolute atomic E-state index is 12.4. The van der Waals surface area contributed by atoms with E-state index < -0.39 is 0 Å². The molecular formula is C18H20N4O3S. The van der Waals surface area contributed by atoms with Crippen molar-refractivity contribution < 1.29 is 14.1 Å². The van der Waals surface area contributed by atoms with E-state index in [1.54, 1.807) is 30.6 Å². The number of thiophene rings is 1. The Morgan fingerprint density at radius 3 is 2.92 bits per heavy atom. The van der Waals surface area contributed by atoms with Crippen LogP contribution in [0.5, 0.6) is 5.75 Å². The van der Waals surface area contributed by atoms with E-state index >= 15 is 0 Å². The summed E-state index contributed by atoms with van der Waals surface area (Å²) in [6, 6.07) is 9.25. The molecule has 0 aliphatic rings. The number of carbonyl (C=O) groups excluding carboxylic acids is 1. The molecule has 0 saturated heterocycles. The Morgan fingerprint density at radius 1 is 1.35 bits per heavy atom. The summed E-state index contributed by atoms with van der Waals surface area (Å²) in [4.78, 5) is 18.7. The molecule has 0 bridgehead atoms. The van der Waals surface area contributed by atoms with Crippen molar-refractivity contribution in [2.45, 2.75) is 13.5 Å². The molecule has 136 valence electrons. The van der Waals surface area contributed by atoms with Gasteiger partial charge < -0.3 is 14.6 Å². The lowest BCUT2D eigenvalue weighted by atomic mass is 10.3. The summed E-state index contributed by atoms with van der Waals surface area (Å²) in [5.41, 5.74) is 1.58. The molecule has 1 aromatic carbocycles. The van der Waals surface area contributed by atoms with Crippen LogP contribution in [0.2, 0.25) is 0 Å². The number of aromatic nitrogens is 2. The van der Waals surface area contributed by atoms with Crippen molar-refractivity contribution in [3.05, 3.63) is 47.0 Å². The van der Waals surface area contributed by atoms with Gasteiger partial charge in [0, 0.05) is 10.9 Å². The molecule has 3 aromatic rings. The molecule has 2 heterocycles. The van der Waals surface area contributed by atoms with E-state index in [1.807, 2.05) is 40.8 Å². The van der Waals surface area contributed by atoms with E-state index in [0.717, 1.165) is 5.56 Å². The highest BCUT2D eigenvalue weighted by molar-refractivity contribution is 7.08. The lowest BCUT2D eigenvalue weighted by Gasteiger charge is -2.18. The van der Waals surface area contributed by atoms with Crippen LogP contribution in [0, 0.1) is 0 Å². The number of benzene rings is 1. The van der Waals surface area contributed by atoms with Gasteiger partial charge in [0.25, 0.3) is 0 Å². The van der Waals surface area contributed by atoms with Gasteiger partial charge in [0.15, 0.2) is 0 Å². The van der Waals surface area contributed by atoms with Gasteiger partial charge in [-0.25, -0.2) is 0 Å². The summed E-state index contributed by atoms with van der Waals surface area (Å²) in [6.07, 6.45) is 0. The number of methoxy groups -OCH3 is 1. The Bertz CT molecular complexity index is 848. The first-order valence-electron chi connectivity index (χ1n) is 8.20. The van der Waals surface area contributed by atoms with E-state index in [-0.39, 0.29) is 12.5 Å². The Labute approximate surface area is 155 Å². The fourth-order valence-corrected chi connectivity index (χ4v) is 3.07. The van der Waals surface area contributed by atoms with Crippen LogP contribution in [0.3, 0.4) is 0 Å². The Balaban J connectivity index is 1.60. The Kier molecular flexibility index (Phi) is 5.98. The highest BCUT2D eigenvalue weighted by Crippen LogP contribution is 2.23. The summed E-state index contributed by atoms with van der Waals surface area (Å²) < 4.78 is 10.6. The van der Waals surface area contributed by atoms with E-state index in [1.165, 1.54) is 0 Å². The minimum Gasteiger partial charge on any atom is -0.495 e. The lowest BCUT2D eigenvalue weighted by Crippen LogP contribution is -2.33. The molecule has 3 rings (SSSR count). The quantitative estimate of drug-likeness (QED) is 0.654. The molecule has 1 amide bonds. The van der Waals surface area contributed by atoms with Gasteiger partial charge in [-0.15, -0.1) is 0 Å². The molecule has 0 aliphatic carbocycles. The van der Waals surface area contributed by atoms with Crippen molar-refractivity contribution >= 4 is 22.9 Å². The second kappa shape index (κ2) is 8.59. The number of nitrogens with zero attached hydrogens (tertiary/aromatic N) is 3. The number of hydrogen-bond donors (Lipinski definition) is 1. The molecule has 0 unspecified atom stereocenters.